The first-order chi connectivity index (χ1) is 10.3. The van der Waals surface area contributed by atoms with Crippen LogP contribution in [-0.2, 0) is 6.42 Å². The van der Waals surface area contributed by atoms with Gasteiger partial charge >= 0.3 is 0 Å². The van der Waals surface area contributed by atoms with E-state index < -0.39 is 0 Å². The fourth-order valence-corrected chi connectivity index (χ4v) is 3.29. The molecule has 0 fully saturated rings. The molecule has 1 heterocycles. The summed E-state index contributed by atoms with van der Waals surface area (Å²) in [5.41, 5.74) is 4.24. The van der Waals surface area contributed by atoms with Crippen LogP contribution in [0.25, 0.3) is 0 Å². The first-order valence-corrected chi connectivity index (χ1v) is 7.78. The Bertz CT molecular complexity index is 594. The molecule has 0 aromatic heterocycles. The maximum Gasteiger partial charge on any atom is 0.119 e. The second kappa shape index (κ2) is 6.21. The lowest BCUT2D eigenvalue weighted by Gasteiger charge is -2.19. The third-order valence-corrected chi connectivity index (χ3v) is 4.27. The maximum absolute atomic E-state index is 5.41. The molecule has 21 heavy (non-hydrogen) atoms. The van der Waals surface area contributed by atoms with Crippen molar-refractivity contribution in [3.63, 3.8) is 0 Å². The zero-order valence-corrected chi connectivity index (χ0v) is 12.9. The number of methoxy groups -OCH3 is 1. The summed E-state index contributed by atoms with van der Waals surface area (Å²) >= 11 is 0. The Hall–Kier alpha value is -1.96. The summed E-state index contributed by atoms with van der Waals surface area (Å²) in [5.74, 6) is 1.52. The molecule has 2 aromatic carbocycles. The largest absolute Gasteiger partial charge is 0.497 e. The number of benzene rings is 2. The number of rotatable bonds is 5. The predicted molar refractivity (Wildman–Crippen MR) is 88.4 cm³/mol. The van der Waals surface area contributed by atoms with Gasteiger partial charge in [-0.05, 0) is 42.2 Å². The number of anilines is 1. The normalized spacial score (nSPS) is 16.9. The molecule has 2 heteroatoms. The number of nitrogens with zero attached hydrogens (tertiary/aromatic N) is 1. The first-order valence-electron chi connectivity index (χ1n) is 7.78. The van der Waals surface area contributed by atoms with Crippen molar-refractivity contribution in [3.05, 3.63) is 59.7 Å². The minimum atomic E-state index is 0.559. The summed E-state index contributed by atoms with van der Waals surface area (Å²) in [4.78, 5) is 2.52. The highest BCUT2D eigenvalue weighted by molar-refractivity contribution is 5.62. The van der Waals surface area contributed by atoms with Gasteiger partial charge in [-0.3, -0.25) is 0 Å². The van der Waals surface area contributed by atoms with Gasteiger partial charge in [-0.2, -0.15) is 0 Å². The quantitative estimate of drug-likeness (QED) is 0.812. The van der Waals surface area contributed by atoms with Crippen molar-refractivity contribution in [3.8, 4) is 5.75 Å². The van der Waals surface area contributed by atoms with Gasteiger partial charge in [-0.25, -0.2) is 0 Å². The van der Waals surface area contributed by atoms with Crippen LogP contribution in [0.1, 0.15) is 30.4 Å². The van der Waals surface area contributed by atoms with Crippen LogP contribution >= 0.6 is 0 Å². The van der Waals surface area contributed by atoms with Crippen molar-refractivity contribution in [1.29, 1.82) is 0 Å². The Morgan fingerprint density at radius 3 is 2.67 bits per heavy atom. The van der Waals surface area contributed by atoms with E-state index >= 15 is 0 Å². The van der Waals surface area contributed by atoms with E-state index in [1.165, 1.54) is 23.2 Å². The molecule has 0 spiro atoms. The molecule has 0 amide bonds. The van der Waals surface area contributed by atoms with Crippen LogP contribution in [0.4, 0.5) is 5.69 Å². The van der Waals surface area contributed by atoms with Gasteiger partial charge < -0.3 is 9.64 Å². The van der Waals surface area contributed by atoms with Crippen LogP contribution in [0.3, 0.4) is 0 Å². The Morgan fingerprint density at radius 1 is 1.14 bits per heavy atom. The summed E-state index contributed by atoms with van der Waals surface area (Å²) in [6.45, 7) is 4.49. The maximum atomic E-state index is 5.41. The average molecular weight is 281 g/mol. The molecule has 1 unspecified atom stereocenters. The van der Waals surface area contributed by atoms with Gasteiger partial charge in [0.05, 0.1) is 7.11 Å². The van der Waals surface area contributed by atoms with Crippen molar-refractivity contribution in [1.82, 2.24) is 0 Å². The third kappa shape index (κ3) is 2.90. The number of hydrogen-bond acceptors (Lipinski definition) is 2. The highest BCUT2D eigenvalue weighted by Crippen LogP contribution is 2.40. The highest BCUT2D eigenvalue weighted by atomic mass is 16.5. The fraction of sp³-hybridized carbons (Fsp3) is 0.368. The second-order valence-electron chi connectivity index (χ2n) is 5.76. The van der Waals surface area contributed by atoms with E-state index in [2.05, 4.69) is 60.4 Å². The second-order valence-corrected chi connectivity index (χ2v) is 5.76. The lowest BCUT2D eigenvalue weighted by molar-refractivity contribution is 0.414. The molecule has 0 saturated heterocycles. The summed E-state index contributed by atoms with van der Waals surface area (Å²) in [7, 11) is 1.74. The van der Waals surface area contributed by atoms with Crippen molar-refractivity contribution in [2.45, 2.75) is 25.7 Å². The van der Waals surface area contributed by atoms with Gasteiger partial charge in [0.1, 0.15) is 5.75 Å². The van der Waals surface area contributed by atoms with Gasteiger partial charge in [0, 0.05) is 24.7 Å². The van der Waals surface area contributed by atoms with Crippen LogP contribution in [0.2, 0.25) is 0 Å². The molecule has 0 aliphatic carbocycles. The van der Waals surface area contributed by atoms with E-state index in [-0.39, 0.29) is 0 Å². The minimum absolute atomic E-state index is 0.559. The van der Waals surface area contributed by atoms with E-state index in [1.807, 2.05) is 0 Å². The molecule has 3 rings (SSSR count). The van der Waals surface area contributed by atoms with Crippen LogP contribution < -0.4 is 9.64 Å². The summed E-state index contributed by atoms with van der Waals surface area (Å²) < 4.78 is 5.41. The van der Waals surface area contributed by atoms with E-state index in [1.54, 1.807) is 7.11 Å². The SMILES string of the molecule is CCCN1CC(Cc2ccccc2)c2cc(OC)ccc21. The predicted octanol–water partition coefficient (Wildman–Crippen LogP) is 4.25. The van der Waals surface area contributed by atoms with Crippen LogP contribution in [0, 0.1) is 0 Å². The summed E-state index contributed by atoms with van der Waals surface area (Å²) in [6.07, 6.45) is 2.28. The zero-order chi connectivity index (χ0) is 14.7. The summed E-state index contributed by atoms with van der Waals surface area (Å²) in [5, 5.41) is 0. The zero-order valence-electron chi connectivity index (χ0n) is 12.9. The van der Waals surface area contributed by atoms with Crippen molar-refractivity contribution in [2.75, 3.05) is 25.1 Å². The number of fused-ring (bicyclic) bond motifs is 1. The van der Waals surface area contributed by atoms with E-state index in [9.17, 15) is 0 Å². The van der Waals surface area contributed by atoms with Gasteiger partial charge in [0.15, 0.2) is 0 Å². The topological polar surface area (TPSA) is 12.5 Å². The van der Waals surface area contributed by atoms with E-state index in [0.29, 0.717) is 5.92 Å². The fourth-order valence-electron chi connectivity index (χ4n) is 3.29. The molecule has 110 valence electrons. The minimum Gasteiger partial charge on any atom is -0.497 e. The van der Waals surface area contributed by atoms with Gasteiger partial charge in [0.2, 0.25) is 0 Å². The van der Waals surface area contributed by atoms with Crippen LogP contribution in [0.15, 0.2) is 48.5 Å². The third-order valence-electron chi connectivity index (χ3n) is 4.27. The molecule has 0 saturated carbocycles. The smallest absolute Gasteiger partial charge is 0.119 e. The molecule has 0 radical (unpaired) electrons. The standard InChI is InChI=1S/C19H23NO/c1-3-11-20-14-16(12-15-7-5-4-6-8-15)18-13-17(21-2)9-10-19(18)20/h4-10,13,16H,3,11-12,14H2,1-2H3. The molecule has 2 nitrogen and oxygen atoms in total. The molecule has 0 N–H and O–H groups in total. The summed E-state index contributed by atoms with van der Waals surface area (Å²) in [6, 6.07) is 17.3. The molecule has 0 bridgehead atoms. The molecule has 2 aromatic rings. The van der Waals surface area contributed by atoms with E-state index in [4.69, 9.17) is 4.74 Å². The van der Waals surface area contributed by atoms with Crippen molar-refractivity contribution >= 4 is 5.69 Å². The van der Waals surface area contributed by atoms with Gasteiger partial charge in [-0.1, -0.05) is 37.3 Å². The first kappa shape index (κ1) is 14.0. The number of hydrogen-bond donors (Lipinski definition) is 0. The van der Waals surface area contributed by atoms with Gasteiger partial charge in [0.25, 0.3) is 0 Å². The van der Waals surface area contributed by atoms with E-state index in [0.717, 1.165) is 25.3 Å². The molecule has 1 aliphatic heterocycles. The lowest BCUT2D eigenvalue weighted by Crippen LogP contribution is -2.23. The Balaban J connectivity index is 1.89. The van der Waals surface area contributed by atoms with Crippen molar-refractivity contribution < 1.29 is 4.74 Å². The van der Waals surface area contributed by atoms with Crippen molar-refractivity contribution in [2.24, 2.45) is 0 Å². The molecule has 1 aliphatic rings. The van der Waals surface area contributed by atoms with Crippen LogP contribution in [-0.4, -0.2) is 20.2 Å². The number of ether oxygens (including phenoxy) is 1. The highest BCUT2D eigenvalue weighted by Gasteiger charge is 2.28. The van der Waals surface area contributed by atoms with Gasteiger partial charge in [-0.15, -0.1) is 0 Å². The Labute approximate surface area is 127 Å². The molecular formula is C19H23NO. The molecule has 1 atom stereocenters. The average Bonchev–Trinajstić information content (AvgIpc) is 2.86. The molecular weight excluding hydrogens is 258 g/mol. The van der Waals surface area contributed by atoms with Crippen LogP contribution in [0.5, 0.6) is 5.75 Å². The Morgan fingerprint density at radius 2 is 1.95 bits per heavy atom. The lowest BCUT2D eigenvalue weighted by atomic mass is 9.94. The Kier molecular flexibility index (Phi) is 4.14. The monoisotopic (exact) mass is 281 g/mol.